The van der Waals surface area contributed by atoms with Crippen LogP contribution in [0.4, 0.5) is 5.69 Å². The van der Waals surface area contributed by atoms with Crippen LogP contribution in [0.3, 0.4) is 0 Å². The van der Waals surface area contributed by atoms with E-state index in [1.54, 1.807) is 12.1 Å². The van der Waals surface area contributed by atoms with Crippen molar-refractivity contribution in [1.82, 2.24) is 0 Å². The fraction of sp³-hybridized carbons (Fsp3) is 0.348. The van der Waals surface area contributed by atoms with E-state index in [-0.39, 0.29) is 20.9 Å². The van der Waals surface area contributed by atoms with Gasteiger partial charge in [-0.05, 0) is 42.7 Å². The standard InChI is InChI=1S/C23H26N2O4S2/c1-3-5-15-25(16-6-4-2)19-13-11-18(12-14-19)20(17-24)23-30(26,27)21-9-7-8-10-22(21)31(23,28)29/h7-14H,3-6,15-16H2,1-2H3. The maximum Gasteiger partial charge on any atom is 0.220 e. The molecule has 0 aromatic heterocycles. The van der Waals surface area contributed by atoms with Crippen LogP contribution >= 0.6 is 0 Å². The maximum absolute atomic E-state index is 13.0. The van der Waals surface area contributed by atoms with Crippen LogP contribution in [0, 0.1) is 11.3 Å². The van der Waals surface area contributed by atoms with Crippen molar-refractivity contribution in [1.29, 1.82) is 5.26 Å². The van der Waals surface area contributed by atoms with Gasteiger partial charge in [0.15, 0.2) is 4.24 Å². The number of hydrogen-bond donors (Lipinski definition) is 0. The molecule has 1 heterocycles. The quantitative estimate of drug-likeness (QED) is 0.539. The number of nitriles is 1. The number of sulfone groups is 2. The van der Waals surface area contributed by atoms with E-state index in [2.05, 4.69) is 18.7 Å². The predicted octanol–water partition coefficient (Wildman–Crippen LogP) is 4.55. The molecule has 0 saturated heterocycles. The summed E-state index contributed by atoms with van der Waals surface area (Å²) in [6.07, 6.45) is 4.24. The van der Waals surface area contributed by atoms with Crippen LogP contribution in [0.25, 0.3) is 5.57 Å². The zero-order valence-corrected chi connectivity index (χ0v) is 19.3. The van der Waals surface area contributed by atoms with Crippen molar-refractivity contribution in [2.75, 3.05) is 18.0 Å². The van der Waals surface area contributed by atoms with Crippen LogP contribution in [0.5, 0.6) is 0 Å². The molecule has 0 unspecified atom stereocenters. The zero-order valence-electron chi connectivity index (χ0n) is 17.7. The Labute approximate surface area is 184 Å². The molecule has 0 N–H and O–H groups in total. The van der Waals surface area contributed by atoms with Gasteiger partial charge < -0.3 is 4.90 Å². The molecule has 0 atom stereocenters. The van der Waals surface area contributed by atoms with E-state index in [1.165, 1.54) is 24.3 Å². The molecule has 1 aliphatic rings. The summed E-state index contributed by atoms with van der Waals surface area (Å²) in [5, 5.41) is 9.75. The van der Waals surface area contributed by atoms with E-state index in [1.807, 2.05) is 18.2 Å². The van der Waals surface area contributed by atoms with E-state index in [0.29, 0.717) is 0 Å². The molecule has 3 rings (SSSR count). The summed E-state index contributed by atoms with van der Waals surface area (Å²) in [4.78, 5) is 1.70. The van der Waals surface area contributed by atoms with Gasteiger partial charge in [-0.25, -0.2) is 16.8 Å². The van der Waals surface area contributed by atoms with Gasteiger partial charge in [0.2, 0.25) is 19.7 Å². The van der Waals surface area contributed by atoms with Crippen LogP contribution < -0.4 is 4.90 Å². The van der Waals surface area contributed by atoms with Crippen molar-refractivity contribution in [3.8, 4) is 6.07 Å². The fourth-order valence-electron chi connectivity index (χ4n) is 3.64. The molecule has 0 amide bonds. The van der Waals surface area contributed by atoms with Gasteiger partial charge in [0.25, 0.3) is 0 Å². The Balaban J connectivity index is 2.08. The van der Waals surface area contributed by atoms with Crippen LogP contribution in [-0.4, -0.2) is 29.9 Å². The van der Waals surface area contributed by atoms with Crippen molar-refractivity contribution >= 4 is 30.9 Å². The van der Waals surface area contributed by atoms with Crippen molar-refractivity contribution in [3.05, 3.63) is 58.3 Å². The smallest absolute Gasteiger partial charge is 0.220 e. The number of fused-ring (bicyclic) bond motifs is 1. The molecule has 0 radical (unpaired) electrons. The summed E-state index contributed by atoms with van der Waals surface area (Å²) in [6.45, 7) is 6.07. The summed E-state index contributed by atoms with van der Waals surface area (Å²) in [5.74, 6) is 0. The van der Waals surface area contributed by atoms with Crippen molar-refractivity contribution in [2.24, 2.45) is 0 Å². The molecule has 164 valence electrons. The third-order valence-corrected chi connectivity index (χ3v) is 10.0. The van der Waals surface area contributed by atoms with Crippen LogP contribution in [-0.2, 0) is 19.7 Å². The topological polar surface area (TPSA) is 95.3 Å². The SMILES string of the molecule is CCCCN(CCCC)c1ccc(C(C#N)=C2S(=O)(=O)c3ccccc3S2(=O)=O)cc1. The maximum atomic E-state index is 13.0. The highest BCUT2D eigenvalue weighted by atomic mass is 32.3. The molecule has 0 aliphatic carbocycles. The Kier molecular flexibility index (Phi) is 6.87. The molecule has 1 aliphatic heterocycles. The number of rotatable bonds is 8. The first-order valence-electron chi connectivity index (χ1n) is 10.4. The molecule has 8 heteroatoms. The Hall–Kier alpha value is -2.63. The summed E-state index contributed by atoms with van der Waals surface area (Å²) < 4.78 is 51.1. The fourth-order valence-corrected chi connectivity index (χ4v) is 8.44. The van der Waals surface area contributed by atoms with Gasteiger partial charge in [0.05, 0.1) is 15.4 Å². The van der Waals surface area contributed by atoms with Crippen LogP contribution in [0.1, 0.15) is 45.1 Å². The minimum Gasteiger partial charge on any atom is -0.372 e. The Morgan fingerprint density at radius 1 is 0.839 bits per heavy atom. The van der Waals surface area contributed by atoms with E-state index >= 15 is 0 Å². The molecule has 0 fully saturated rings. The van der Waals surface area contributed by atoms with Crippen molar-refractivity contribution in [3.63, 3.8) is 0 Å². The average Bonchev–Trinajstić information content (AvgIpc) is 2.92. The number of unbranched alkanes of at least 4 members (excludes halogenated alkanes) is 2. The van der Waals surface area contributed by atoms with Crippen LogP contribution in [0.2, 0.25) is 0 Å². The molecule has 0 saturated carbocycles. The Bertz CT molecular complexity index is 1180. The Morgan fingerprint density at radius 3 is 1.74 bits per heavy atom. The monoisotopic (exact) mass is 458 g/mol. The largest absolute Gasteiger partial charge is 0.372 e. The second-order valence-corrected chi connectivity index (χ2v) is 11.4. The molecular weight excluding hydrogens is 432 g/mol. The van der Waals surface area contributed by atoms with Gasteiger partial charge >= 0.3 is 0 Å². The molecule has 31 heavy (non-hydrogen) atoms. The Morgan fingerprint density at radius 2 is 1.32 bits per heavy atom. The van der Waals surface area contributed by atoms with Gasteiger partial charge in [-0.1, -0.05) is 51.0 Å². The summed E-state index contributed by atoms with van der Waals surface area (Å²) in [6, 6.07) is 14.2. The lowest BCUT2D eigenvalue weighted by molar-refractivity contribution is 0.603. The minimum atomic E-state index is -4.31. The summed E-state index contributed by atoms with van der Waals surface area (Å²) in [7, 11) is -8.61. The molecule has 6 nitrogen and oxygen atoms in total. The zero-order chi connectivity index (χ0) is 22.6. The van der Waals surface area contributed by atoms with Crippen LogP contribution in [0.15, 0.2) is 62.6 Å². The lowest BCUT2D eigenvalue weighted by atomic mass is 10.1. The number of benzene rings is 2. The van der Waals surface area contributed by atoms with E-state index < -0.39 is 23.9 Å². The first-order valence-corrected chi connectivity index (χ1v) is 13.3. The average molecular weight is 459 g/mol. The second kappa shape index (κ2) is 9.25. The van der Waals surface area contributed by atoms with Gasteiger partial charge in [-0.3, -0.25) is 0 Å². The molecular formula is C23H26N2O4S2. The predicted molar refractivity (Wildman–Crippen MR) is 122 cm³/mol. The van der Waals surface area contributed by atoms with Gasteiger partial charge in [-0.2, -0.15) is 5.26 Å². The van der Waals surface area contributed by atoms with E-state index in [4.69, 9.17) is 0 Å². The summed E-state index contributed by atoms with van der Waals surface area (Å²) in [5.41, 5.74) is 0.886. The minimum absolute atomic E-state index is 0.270. The van der Waals surface area contributed by atoms with Gasteiger partial charge in [0.1, 0.15) is 6.07 Å². The van der Waals surface area contributed by atoms with Crippen molar-refractivity contribution in [2.45, 2.75) is 49.3 Å². The molecule has 0 bridgehead atoms. The highest BCUT2D eigenvalue weighted by Crippen LogP contribution is 2.44. The third kappa shape index (κ3) is 4.25. The van der Waals surface area contributed by atoms with Gasteiger partial charge in [0, 0.05) is 18.8 Å². The number of allylic oxidation sites excluding steroid dienone is 1. The normalized spacial score (nSPS) is 15.8. The lowest BCUT2D eigenvalue weighted by Gasteiger charge is -2.25. The van der Waals surface area contributed by atoms with E-state index in [0.717, 1.165) is 44.5 Å². The van der Waals surface area contributed by atoms with E-state index in [9.17, 15) is 22.1 Å². The third-order valence-electron chi connectivity index (χ3n) is 5.32. The first-order chi connectivity index (χ1) is 14.8. The number of nitrogens with zero attached hydrogens (tertiary/aromatic N) is 2. The highest BCUT2D eigenvalue weighted by Gasteiger charge is 2.47. The lowest BCUT2D eigenvalue weighted by Crippen LogP contribution is -2.25. The first kappa shape index (κ1) is 23.0. The number of anilines is 1. The summed E-state index contributed by atoms with van der Waals surface area (Å²) >= 11 is 0. The molecule has 2 aromatic carbocycles. The molecule has 2 aromatic rings. The van der Waals surface area contributed by atoms with Crippen molar-refractivity contribution < 1.29 is 16.8 Å². The van der Waals surface area contributed by atoms with Gasteiger partial charge in [-0.15, -0.1) is 0 Å². The molecule has 0 spiro atoms. The number of hydrogen-bond acceptors (Lipinski definition) is 6. The second-order valence-electron chi connectivity index (χ2n) is 7.47. The highest BCUT2D eigenvalue weighted by molar-refractivity contribution is 8.17.